The SMILES string of the molecule is CC/C=C(\C(C)C(C)C)N1CCN(C(=O)c2ccc(NCCNS)cc2)CC1. The molecule has 1 aromatic rings. The molecule has 5 nitrogen and oxygen atoms in total. The Bertz CT molecular complexity index is 636. The van der Waals surface area contributed by atoms with E-state index in [-0.39, 0.29) is 5.91 Å². The van der Waals surface area contributed by atoms with Crippen molar-refractivity contribution in [2.45, 2.75) is 34.1 Å². The molecule has 0 aromatic heterocycles. The minimum atomic E-state index is 0.126. The van der Waals surface area contributed by atoms with Gasteiger partial charge in [-0.25, -0.2) is 0 Å². The molecule has 0 radical (unpaired) electrons. The summed E-state index contributed by atoms with van der Waals surface area (Å²) in [7, 11) is 0. The first-order valence-electron chi connectivity index (χ1n) is 10.4. The summed E-state index contributed by atoms with van der Waals surface area (Å²) in [6, 6.07) is 7.76. The summed E-state index contributed by atoms with van der Waals surface area (Å²) in [6.07, 6.45) is 3.41. The number of thiol groups is 1. The van der Waals surface area contributed by atoms with Crippen LogP contribution in [0.2, 0.25) is 0 Å². The third kappa shape index (κ3) is 6.17. The van der Waals surface area contributed by atoms with Gasteiger partial charge in [0.2, 0.25) is 0 Å². The highest BCUT2D eigenvalue weighted by Crippen LogP contribution is 2.25. The maximum Gasteiger partial charge on any atom is 0.253 e. The van der Waals surface area contributed by atoms with E-state index in [1.165, 1.54) is 5.70 Å². The number of carbonyl (C=O) groups excluding carboxylic acids is 1. The first-order valence-corrected chi connectivity index (χ1v) is 10.9. The van der Waals surface area contributed by atoms with Crippen LogP contribution in [0.4, 0.5) is 5.69 Å². The van der Waals surface area contributed by atoms with Crippen LogP contribution >= 0.6 is 12.8 Å². The van der Waals surface area contributed by atoms with Gasteiger partial charge >= 0.3 is 0 Å². The summed E-state index contributed by atoms with van der Waals surface area (Å²) in [5, 5.41) is 3.29. The predicted octanol–water partition coefficient (Wildman–Crippen LogP) is 3.88. The fourth-order valence-electron chi connectivity index (χ4n) is 3.50. The highest BCUT2D eigenvalue weighted by molar-refractivity contribution is 7.78. The average Bonchev–Trinajstić information content (AvgIpc) is 2.72. The Balaban J connectivity index is 1.93. The topological polar surface area (TPSA) is 47.6 Å². The molecule has 1 aromatic carbocycles. The van der Waals surface area contributed by atoms with Crippen LogP contribution < -0.4 is 10.0 Å². The quantitative estimate of drug-likeness (QED) is 0.432. The Morgan fingerprint density at radius 3 is 2.21 bits per heavy atom. The van der Waals surface area contributed by atoms with Gasteiger partial charge in [-0.05, 0) is 42.5 Å². The molecule has 1 fully saturated rings. The van der Waals surface area contributed by atoms with Crippen molar-refractivity contribution in [2.75, 3.05) is 44.6 Å². The van der Waals surface area contributed by atoms with Gasteiger partial charge in [-0.15, -0.1) is 0 Å². The maximum atomic E-state index is 12.9. The number of hydrogen-bond donors (Lipinski definition) is 3. The second kappa shape index (κ2) is 11.4. The van der Waals surface area contributed by atoms with Gasteiger partial charge in [0.1, 0.15) is 0 Å². The summed E-state index contributed by atoms with van der Waals surface area (Å²) >= 11 is 3.97. The van der Waals surface area contributed by atoms with Gasteiger partial charge in [0.15, 0.2) is 0 Å². The van der Waals surface area contributed by atoms with Gasteiger partial charge < -0.3 is 15.1 Å². The van der Waals surface area contributed by atoms with Gasteiger partial charge in [-0.2, -0.15) is 0 Å². The highest BCUT2D eigenvalue weighted by atomic mass is 32.1. The molecule has 0 saturated carbocycles. The van der Waals surface area contributed by atoms with Crippen molar-refractivity contribution in [3.8, 4) is 0 Å². The van der Waals surface area contributed by atoms with E-state index in [2.05, 4.69) is 61.5 Å². The Morgan fingerprint density at radius 1 is 1.07 bits per heavy atom. The van der Waals surface area contributed by atoms with Crippen molar-refractivity contribution in [1.29, 1.82) is 0 Å². The number of allylic oxidation sites excluding steroid dienone is 2. The Hall–Kier alpha value is -1.66. The molecule has 1 atom stereocenters. The summed E-state index contributed by atoms with van der Waals surface area (Å²) in [5.41, 5.74) is 3.21. The lowest BCUT2D eigenvalue weighted by Crippen LogP contribution is -2.49. The summed E-state index contributed by atoms with van der Waals surface area (Å²) in [4.78, 5) is 17.3. The van der Waals surface area contributed by atoms with Crippen molar-refractivity contribution < 1.29 is 4.79 Å². The first kappa shape index (κ1) is 22.6. The van der Waals surface area contributed by atoms with Crippen molar-refractivity contribution in [1.82, 2.24) is 14.5 Å². The molecular weight excluding hydrogens is 368 g/mol. The number of benzene rings is 1. The van der Waals surface area contributed by atoms with Crippen LogP contribution in [0.1, 0.15) is 44.5 Å². The van der Waals surface area contributed by atoms with Gasteiger partial charge in [-0.3, -0.25) is 9.52 Å². The van der Waals surface area contributed by atoms with Crippen LogP contribution in [-0.4, -0.2) is 55.0 Å². The van der Waals surface area contributed by atoms with Crippen molar-refractivity contribution in [3.63, 3.8) is 0 Å². The van der Waals surface area contributed by atoms with Crippen LogP contribution in [0.5, 0.6) is 0 Å². The van der Waals surface area contributed by atoms with Crippen molar-refractivity contribution in [3.05, 3.63) is 41.6 Å². The normalized spacial score (nSPS) is 16.4. The lowest BCUT2D eigenvalue weighted by atomic mass is 9.92. The van der Waals surface area contributed by atoms with Crippen LogP contribution in [0.25, 0.3) is 0 Å². The molecule has 0 bridgehead atoms. The zero-order chi connectivity index (χ0) is 20.5. The molecule has 0 spiro atoms. The number of piperazine rings is 1. The van der Waals surface area contributed by atoms with Crippen LogP contribution in [-0.2, 0) is 0 Å². The molecule has 2 N–H and O–H groups in total. The molecule has 1 aliphatic rings. The molecule has 156 valence electrons. The summed E-state index contributed by atoms with van der Waals surface area (Å²) in [5.74, 6) is 1.29. The smallest absolute Gasteiger partial charge is 0.253 e. The number of anilines is 1. The second-order valence-electron chi connectivity index (χ2n) is 7.76. The second-order valence-corrected chi connectivity index (χ2v) is 8.08. The Morgan fingerprint density at radius 2 is 1.68 bits per heavy atom. The molecule has 1 unspecified atom stereocenters. The van der Waals surface area contributed by atoms with E-state index in [0.29, 0.717) is 11.8 Å². The van der Waals surface area contributed by atoms with Gasteiger partial charge in [0, 0.05) is 56.2 Å². The van der Waals surface area contributed by atoms with Crippen LogP contribution in [0, 0.1) is 11.8 Å². The van der Waals surface area contributed by atoms with E-state index < -0.39 is 0 Å². The summed E-state index contributed by atoms with van der Waals surface area (Å²) < 4.78 is 2.81. The third-order valence-electron chi connectivity index (χ3n) is 5.51. The van der Waals surface area contributed by atoms with E-state index in [0.717, 1.165) is 56.9 Å². The van der Waals surface area contributed by atoms with E-state index in [9.17, 15) is 4.79 Å². The number of hydrogen-bond acceptors (Lipinski definition) is 5. The number of amides is 1. The highest BCUT2D eigenvalue weighted by Gasteiger charge is 2.26. The van der Waals surface area contributed by atoms with E-state index in [1.54, 1.807) is 0 Å². The largest absolute Gasteiger partial charge is 0.384 e. The molecule has 1 aliphatic heterocycles. The molecule has 0 aliphatic carbocycles. The number of nitrogens with one attached hydrogen (secondary N) is 2. The van der Waals surface area contributed by atoms with E-state index >= 15 is 0 Å². The van der Waals surface area contributed by atoms with Gasteiger partial charge in [0.25, 0.3) is 5.91 Å². The van der Waals surface area contributed by atoms with Gasteiger partial charge in [-0.1, -0.05) is 46.6 Å². The van der Waals surface area contributed by atoms with Gasteiger partial charge in [0.05, 0.1) is 0 Å². The number of nitrogens with zero attached hydrogens (tertiary/aromatic N) is 2. The van der Waals surface area contributed by atoms with Crippen molar-refractivity contribution in [2.24, 2.45) is 11.8 Å². The Kier molecular flexibility index (Phi) is 9.19. The van der Waals surface area contributed by atoms with Crippen LogP contribution in [0.3, 0.4) is 0 Å². The average molecular weight is 405 g/mol. The third-order valence-corrected chi connectivity index (χ3v) is 5.73. The molecule has 28 heavy (non-hydrogen) atoms. The monoisotopic (exact) mass is 404 g/mol. The van der Waals surface area contributed by atoms with E-state index in [4.69, 9.17) is 0 Å². The molecule has 1 heterocycles. The Labute approximate surface area is 176 Å². The maximum absolute atomic E-state index is 12.9. The molecule has 1 amide bonds. The number of rotatable bonds is 9. The molecule has 1 saturated heterocycles. The first-order chi connectivity index (χ1) is 13.5. The lowest BCUT2D eigenvalue weighted by molar-refractivity contribution is 0.0656. The van der Waals surface area contributed by atoms with E-state index in [1.807, 2.05) is 29.2 Å². The van der Waals surface area contributed by atoms with Crippen molar-refractivity contribution >= 4 is 24.4 Å². The minimum Gasteiger partial charge on any atom is -0.384 e. The molecule has 2 rings (SSSR count). The predicted molar refractivity (Wildman–Crippen MR) is 122 cm³/mol. The number of carbonyl (C=O) groups is 1. The standard InChI is InChI=1S/C22H36N4OS/c1-5-6-21(18(4)17(2)3)25-13-15-26(16-14-25)22(27)19-7-9-20(10-8-19)23-11-12-24-28/h6-10,17-18,23-24,28H,5,11-16H2,1-4H3/b21-6+. The lowest BCUT2D eigenvalue weighted by Gasteiger charge is -2.40. The van der Waals surface area contributed by atoms with Crippen LogP contribution in [0.15, 0.2) is 36.0 Å². The molecule has 6 heteroatoms. The zero-order valence-electron chi connectivity index (χ0n) is 17.7. The zero-order valence-corrected chi connectivity index (χ0v) is 18.6. The fraction of sp³-hybridized carbons (Fsp3) is 0.591. The fourth-order valence-corrected chi connectivity index (χ4v) is 3.61. The molecular formula is C22H36N4OS. The minimum absolute atomic E-state index is 0.126. The summed E-state index contributed by atoms with van der Waals surface area (Å²) in [6.45, 7) is 14.0.